The lowest BCUT2D eigenvalue weighted by molar-refractivity contribution is 0.0176. The largest absolute Gasteiger partial charge is 0.303 e. The molecular weight excluding hydrogens is 284 g/mol. The predicted molar refractivity (Wildman–Crippen MR) is 94.6 cm³/mol. The summed E-state index contributed by atoms with van der Waals surface area (Å²) in [5.41, 5.74) is 3.83. The molecule has 2 aliphatic rings. The summed E-state index contributed by atoms with van der Waals surface area (Å²) in [4.78, 5) is 12.3. The summed E-state index contributed by atoms with van der Waals surface area (Å²) < 4.78 is 0. The fourth-order valence-corrected chi connectivity index (χ4v) is 4.07. The third-order valence-corrected chi connectivity index (χ3v) is 5.44. The van der Waals surface area contributed by atoms with E-state index in [2.05, 4.69) is 57.9 Å². The van der Waals surface area contributed by atoms with Gasteiger partial charge in [0.25, 0.3) is 0 Å². The molecule has 2 aromatic rings. The standard InChI is InChI=1S/C19H26N4/c1-15-5-6-16(18-4-3-7-20-19(15)18)12-22-9-11-23-10-8-21(2)13-17(23)14-22/h3-7,17H,8-14H2,1-2H3. The first-order valence-corrected chi connectivity index (χ1v) is 8.69. The van der Waals surface area contributed by atoms with Gasteiger partial charge in [-0.25, -0.2) is 0 Å². The van der Waals surface area contributed by atoms with Crippen molar-refractivity contribution < 1.29 is 0 Å². The highest BCUT2D eigenvalue weighted by molar-refractivity contribution is 5.84. The lowest BCUT2D eigenvalue weighted by atomic mass is 10.0. The van der Waals surface area contributed by atoms with Crippen molar-refractivity contribution in [2.75, 3.05) is 46.3 Å². The van der Waals surface area contributed by atoms with E-state index in [0.717, 1.165) is 12.1 Å². The van der Waals surface area contributed by atoms with Crippen LogP contribution in [0.15, 0.2) is 30.5 Å². The summed E-state index contributed by atoms with van der Waals surface area (Å²) in [6, 6.07) is 9.47. The Morgan fingerprint density at radius 1 is 1.09 bits per heavy atom. The molecule has 0 radical (unpaired) electrons. The van der Waals surface area contributed by atoms with Gasteiger partial charge < -0.3 is 4.90 Å². The molecule has 2 saturated heterocycles. The van der Waals surface area contributed by atoms with E-state index in [4.69, 9.17) is 0 Å². The number of hydrogen-bond acceptors (Lipinski definition) is 4. The average molecular weight is 310 g/mol. The first kappa shape index (κ1) is 15.1. The molecule has 0 bridgehead atoms. The molecule has 4 nitrogen and oxygen atoms in total. The minimum Gasteiger partial charge on any atom is -0.303 e. The number of nitrogens with zero attached hydrogens (tertiary/aromatic N) is 4. The summed E-state index contributed by atoms with van der Waals surface area (Å²) >= 11 is 0. The van der Waals surface area contributed by atoms with Crippen LogP contribution in [0, 0.1) is 6.92 Å². The number of likely N-dealkylation sites (N-methyl/N-ethyl adjacent to an activating group) is 1. The van der Waals surface area contributed by atoms with E-state index < -0.39 is 0 Å². The third kappa shape index (κ3) is 2.99. The molecule has 1 aromatic carbocycles. The predicted octanol–water partition coefficient (Wildman–Crippen LogP) is 1.97. The summed E-state index contributed by atoms with van der Waals surface area (Å²) in [5, 5.41) is 1.32. The van der Waals surface area contributed by atoms with Gasteiger partial charge in [-0.05, 0) is 31.2 Å². The maximum Gasteiger partial charge on any atom is 0.0734 e. The van der Waals surface area contributed by atoms with Crippen LogP contribution in [0.1, 0.15) is 11.1 Å². The molecule has 122 valence electrons. The minimum absolute atomic E-state index is 0.692. The SMILES string of the molecule is Cc1ccc(CN2CCN3CCN(C)CC3C2)c2cccnc12. The van der Waals surface area contributed by atoms with E-state index in [1.807, 2.05) is 6.20 Å². The molecule has 1 unspecified atom stereocenters. The van der Waals surface area contributed by atoms with Gasteiger partial charge in [-0.2, -0.15) is 0 Å². The molecule has 0 N–H and O–H groups in total. The van der Waals surface area contributed by atoms with Crippen molar-refractivity contribution in [2.45, 2.75) is 19.5 Å². The topological polar surface area (TPSA) is 22.6 Å². The lowest BCUT2D eigenvalue weighted by Crippen LogP contribution is -2.61. The van der Waals surface area contributed by atoms with Gasteiger partial charge in [0.15, 0.2) is 0 Å². The number of aromatic nitrogens is 1. The van der Waals surface area contributed by atoms with Gasteiger partial charge in [0.1, 0.15) is 0 Å². The van der Waals surface area contributed by atoms with Crippen molar-refractivity contribution in [3.05, 3.63) is 41.6 Å². The Morgan fingerprint density at radius 3 is 2.87 bits per heavy atom. The van der Waals surface area contributed by atoms with Crippen LogP contribution < -0.4 is 0 Å². The highest BCUT2D eigenvalue weighted by Crippen LogP contribution is 2.23. The van der Waals surface area contributed by atoms with Gasteiger partial charge in [-0.3, -0.25) is 14.8 Å². The molecule has 3 heterocycles. The molecular formula is C19H26N4. The van der Waals surface area contributed by atoms with Gasteiger partial charge in [-0.1, -0.05) is 18.2 Å². The first-order chi connectivity index (χ1) is 11.2. The molecule has 0 amide bonds. The van der Waals surface area contributed by atoms with Crippen LogP contribution in [0.2, 0.25) is 0 Å². The van der Waals surface area contributed by atoms with Crippen LogP contribution in [0.3, 0.4) is 0 Å². The molecule has 0 aliphatic carbocycles. The van der Waals surface area contributed by atoms with Gasteiger partial charge in [0.05, 0.1) is 5.52 Å². The van der Waals surface area contributed by atoms with E-state index >= 15 is 0 Å². The Morgan fingerprint density at radius 2 is 1.96 bits per heavy atom. The fourth-order valence-electron chi connectivity index (χ4n) is 4.07. The Kier molecular flexibility index (Phi) is 4.05. The molecule has 0 spiro atoms. The van der Waals surface area contributed by atoms with Crippen molar-refractivity contribution in [1.29, 1.82) is 0 Å². The highest BCUT2D eigenvalue weighted by Gasteiger charge is 2.30. The lowest BCUT2D eigenvalue weighted by Gasteiger charge is -2.46. The van der Waals surface area contributed by atoms with Crippen LogP contribution in [0.25, 0.3) is 10.9 Å². The van der Waals surface area contributed by atoms with Gasteiger partial charge in [0, 0.05) is 63.4 Å². The first-order valence-electron chi connectivity index (χ1n) is 8.69. The monoisotopic (exact) mass is 310 g/mol. The summed E-state index contributed by atoms with van der Waals surface area (Å²) in [7, 11) is 2.25. The maximum absolute atomic E-state index is 4.58. The normalized spacial score (nSPS) is 24.0. The second-order valence-corrected chi connectivity index (χ2v) is 7.13. The molecule has 1 aromatic heterocycles. The second-order valence-electron chi connectivity index (χ2n) is 7.13. The van der Waals surface area contributed by atoms with Crippen LogP contribution in [0.4, 0.5) is 0 Å². The smallest absolute Gasteiger partial charge is 0.0734 e. The summed E-state index contributed by atoms with van der Waals surface area (Å²) in [6.07, 6.45) is 1.90. The Bertz CT molecular complexity index is 699. The van der Waals surface area contributed by atoms with Crippen molar-refractivity contribution >= 4 is 10.9 Å². The molecule has 4 rings (SSSR count). The molecule has 1 atom stereocenters. The number of pyridine rings is 1. The molecule has 23 heavy (non-hydrogen) atoms. The summed E-state index contributed by atoms with van der Waals surface area (Å²) in [5.74, 6) is 0. The number of piperazine rings is 2. The van der Waals surface area contributed by atoms with Crippen LogP contribution >= 0.6 is 0 Å². The zero-order chi connectivity index (χ0) is 15.8. The third-order valence-electron chi connectivity index (χ3n) is 5.44. The van der Waals surface area contributed by atoms with Crippen LogP contribution in [-0.4, -0.2) is 72.0 Å². The van der Waals surface area contributed by atoms with Gasteiger partial charge in [0.2, 0.25) is 0 Å². The molecule has 2 fully saturated rings. The van der Waals surface area contributed by atoms with Crippen LogP contribution in [-0.2, 0) is 6.54 Å². The zero-order valence-electron chi connectivity index (χ0n) is 14.2. The van der Waals surface area contributed by atoms with E-state index in [0.29, 0.717) is 6.04 Å². The fraction of sp³-hybridized carbons (Fsp3) is 0.526. The van der Waals surface area contributed by atoms with Gasteiger partial charge >= 0.3 is 0 Å². The van der Waals surface area contributed by atoms with Crippen molar-refractivity contribution in [1.82, 2.24) is 19.7 Å². The molecule has 0 saturated carbocycles. The average Bonchev–Trinajstić information content (AvgIpc) is 2.57. The molecule has 4 heteroatoms. The zero-order valence-corrected chi connectivity index (χ0v) is 14.2. The van der Waals surface area contributed by atoms with E-state index in [1.165, 1.54) is 55.8 Å². The number of benzene rings is 1. The number of aryl methyl sites for hydroxylation is 1. The van der Waals surface area contributed by atoms with Crippen molar-refractivity contribution in [3.63, 3.8) is 0 Å². The van der Waals surface area contributed by atoms with Crippen LogP contribution in [0.5, 0.6) is 0 Å². The number of fused-ring (bicyclic) bond motifs is 2. The van der Waals surface area contributed by atoms with E-state index in [-0.39, 0.29) is 0 Å². The molecule has 2 aliphatic heterocycles. The maximum atomic E-state index is 4.58. The quantitative estimate of drug-likeness (QED) is 0.846. The van der Waals surface area contributed by atoms with E-state index in [9.17, 15) is 0 Å². The van der Waals surface area contributed by atoms with Gasteiger partial charge in [-0.15, -0.1) is 0 Å². The Labute approximate surface area is 138 Å². The highest BCUT2D eigenvalue weighted by atomic mass is 15.3. The van der Waals surface area contributed by atoms with Crippen molar-refractivity contribution in [2.24, 2.45) is 0 Å². The second kappa shape index (κ2) is 6.19. The Balaban J connectivity index is 1.54. The van der Waals surface area contributed by atoms with E-state index in [1.54, 1.807) is 0 Å². The number of hydrogen-bond donors (Lipinski definition) is 0. The minimum atomic E-state index is 0.692. The van der Waals surface area contributed by atoms with Crippen molar-refractivity contribution in [3.8, 4) is 0 Å². The summed E-state index contributed by atoms with van der Waals surface area (Å²) in [6.45, 7) is 10.4. The Hall–Kier alpha value is -1.49. The number of rotatable bonds is 2.